The van der Waals surface area contributed by atoms with Crippen LogP contribution >= 0.6 is 0 Å². The zero-order valence-corrected chi connectivity index (χ0v) is 14.5. The van der Waals surface area contributed by atoms with Crippen LogP contribution in [0.1, 0.15) is 12.0 Å². The first kappa shape index (κ1) is 17.9. The van der Waals surface area contributed by atoms with E-state index in [1.807, 2.05) is 0 Å². The molecule has 1 heterocycles. The van der Waals surface area contributed by atoms with Crippen molar-refractivity contribution < 1.29 is 17.9 Å². The van der Waals surface area contributed by atoms with Gasteiger partial charge in [0, 0.05) is 40.0 Å². The number of ether oxygens (including phenoxy) is 1. The Morgan fingerprint density at radius 2 is 2.13 bits per heavy atom. The van der Waals surface area contributed by atoms with Crippen molar-refractivity contribution in [1.29, 1.82) is 0 Å². The summed E-state index contributed by atoms with van der Waals surface area (Å²) in [6.45, 7) is 0.804. The van der Waals surface area contributed by atoms with Gasteiger partial charge in [-0.2, -0.15) is 0 Å². The highest BCUT2D eigenvalue weighted by atomic mass is 32.2. The van der Waals surface area contributed by atoms with E-state index in [0.29, 0.717) is 18.7 Å². The lowest BCUT2D eigenvalue weighted by molar-refractivity contribution is -0.120. The topological polar surface area (TPSA) is 92.9 Å². The summed E-state index contributed by atoms with van der Waals surface area (Å²) in [5.74, 6) is -0.111. The molecule has 0 aliphatic carbocycles. The molecule has 1 aromatic carbocycles. The summed E-state index contributed by atoms with van der Waals surface area (Å²) in [4.78, 5) is 14.3. The summed E-state index contributed by atoms with van der Waals surface area (Å²) in [5.41, 5.74) is 7.19. The van der Waals surface area contributed by atoms with Crippen molar-refractivity contribution in [1.82, 2.24) is 4.31 Å². The van der Waals surface area contributed by atoms with E-state index in [4.69, 9.17) is 10.5 Å². The molecule has 2 rings (SSSR count). The molecule has 1 aliphatic heterocycles. The standard InChI is InChI=1S/C15H23N3O4S/c1-17(2)23(20,21)13-5-4-11-6-7-18(14(11)9-13)15(19)8-12(10-16)22-3/h4-5,9,12H,6-8,10,16H2,1-3H3. The molecule has 0 aromatic heterocycles. The normalized spacial score (nSPS) is 15.8. The van der Waals surface area contributed by atoms with E-state index in [-0.39, 0.29) is 29.9 Å². The number of nitrogens with two attached hydrogens (primary N) is 1. The quantitative estimate of drug-likeness (QED) is 0.797. The first-order valence-electron chi connectivity index (χ1n) is 7.40. The van der Waals surface area contributed by atoms with E-state index in [1.165, 1.54) is 21.2 Å². The second-order valence-corrected chi connectivity index (χ2v) is 7.82. The van der Waals surface area contributed by atoms with Gasteiger partial charge in [0.05, 0.1) is 17.4 Å². The molecule has 1 unspecified atom stereocenters. The summed E-state index contributed by atoms with van der Waals surface area (Å²) < 4.78 is 30.8. The van der Waals surface area contributed by atoms with E-state index in [0.717, 1.165) is 9.87 Å². The zero-order chi connectivity index (χ0) is 17.2. The highest BCUT2D eigenvalue weighted by Crippen LogP contribution is 2.31. The van der Waals surface area contributed by atoms with Crippen molar-refractivity contribution in [3.8, 4) is 0 Å². The van der Waals surface area contributed by atoms with Gasteiger partial charge in [-0.25, -0.2) is 12.7 Å². The summed E-state index contributed by atoms with van der Waals surface area (Å²) in [6, 6.07) is 4.93. The first-order valence-corrected chi connectivity index (χ1v) is 8.84. The molecular weight excluding hydrogens is 318 g/mol. The summed E-state index contributed by atoms with van der Waals surface area (Å²) >= 11 is 0. The van der Waals surface area contributed by atoms with Gasteiger partial charge < -0.3 is 15.4 Å². The molecule has 1 aliphatic rings. The Kier molecular flexibility index (Phi) is 5.41. The van der Waals surface area contributed by atoms with Crippen molar-refractivity contribution in [3.63, 3.8) is 0 Å². The summed E-state index contributed by atoms with van der Waals surface area (Å²) in [6.07, 6.45) is 0.557. The van der Waals surface area contributed by atoms with Crippen molar-refractivity contribution >= 4 is 21.6 Å². The number of rotatable bonds is 6. The van der Waals surface area contributed by atoms with Crippen LogP contribution in [0.4, 0.5) is 5.69 Å². The molecule has 1 aromatic rings. The van der Waals surface area contributed by atoms with E-state index in [1.54, 1.807) is 23.1 Å². The van der Waals surface area contributed by atoms with Crippen LogP contribution in [-0.2, 0) is 26.0 Å². The maximum atomic E-state index is 12.5. The smallest absolute Gasteiger partial charge is 0.242 e. The molecule has 0 bridgehead atoms. The maximum Gasteiger partial charge on any atom is 0.242 e. The monoisotopic (exact) mass is 341 g/mol. The second kappa shape index (κ2) is 6.96. The highest BCUT2D eigenvalue weighted by molar-refractivity contribution is 7.89. The van der Waals surface area contributed by atoms with Crippen LogP contribution in [0, 0.1) is 0 Å². The van der Waals surface area contributed by atoms with Crippen molar-refractivity contribution in [2.24, 2.45) is 5.73 Å². The van der Waals surface area contributed by atoms with E-state index < -0.39 is 10.0 Å². The van der Waals surface area contributed by atoms with Gasteiger partial charge in [0.25, 0.3) is 0 Å². The summed E-state index contributed by atoms with van der Waals surface area (Å²) in [7, 11) is 0.953. The van der Waals surface area contributed by atoms with Crippen LogP contribution in [0.2, 0.25) is 0 Å². The number of carbonyl (C=O) groups excluding carboxylic acids is 1. The van der Waals surface area contributed by atoms with Crippen molar-refractivity contribution in [2.45, 2.75) is 23.8 Å². The second-order valence-electron chi connectivity index (χ2n) is 5.67. The molecule has 8 heteroatoms. The summed E-state index contributed by atoms with van der Waals surface area (Å²) in [5, 5.41) is 0. The predicted molar refractivity (Wildman–Crippen MR) is 87.8 cm³/mol. The molecule has 0 saturated carbocycles. The number of methoxy groups -OCH3 is 1. The lowest BCUT2D eigenvalue weighted by Crippen LogP contribution is -2.35. The number of nitrogens with zero attached hydrogens (tertiary/aromatic N) is 2. The van der Waals surface area contributed by atoms with Gasteiger partial charge >= 0.3 is 0 Å². The van der Waals surface area contributed by atoms with Crippen LogP contribution in [0.5, 0.6) is 0 Å². The Bertz CT molecular complexity index is 684. The van der Waals surface area contributed by atoms with Crippen molar-refractivity contribution in [3.05, 3.63) is 23.8 Å². The van der Waals surface area contributed by atoms with Crippen LogP contribution in [-0.4, -0.2) is 59.0 Å². The minimum Gasteiger partial charge on any atom is -0.380 e. The Morgan fingerprint density at radius 3 is 2.70 bits per heavy atom. The fraction of sp³-hybridized carbons (Fsp3) is 0.533. The average molecular weight is 341 g/mol. The van der Waals surface area contributed by atoms with Crippen LogP contribution in [0.3, 0.4) is 0 Å². The van der Waals surface area contributed by atoms with E-state index in [2.05, 4.69) is 0 Å². The lowest BCUT2D eigenvalue weighted by Gasteiger charge is -2.21. The average Bonchev–Trinajstić information content (AvgIpc) is 2.95. The number of hydrogen-bond acceptors (Lipinski definition) is 5. The van der Waals surface area contributed by atoms with Gasteiger partial charge in [0.15, 0.2) is 0 Å². The molecule has 0 spiro atoms. The Labute approximate surface area is 137 Å². The van der Waals surface area contributed by atoms with Crippen LogP contribution in [0.15, 0.2) is 23.1 Å². The van der Waals surface area contributed by atoms with Crippen molar-refractivity contribution in [2.75, 3.05) is 39.2 Å². The van der Waals surface area contributed by atoms with E-state index in [9.17, 15) is 13.2 Å². The van der Waals surface area contributed by atoms with Gasteiger partial charge in [-0.1, -0.05) is 6.07 Å². The van der Waals surface area contributed by atoms with Crippen LogP contribution in [0.25, 0.3) is 0 Å². The Hall–Kier alpha value is -1.48. The number of sulfonamides is 1. The third-order valence-electron chi connectivity index (χ3n) is 4.03. The molecule has 23 heavy (non-hydrogen) atoms. The largest absolute Gasteiger partial charge is 0.380 e. The highest BCUT2D eigenvalue weighted by Gasteiger charge is 2.28. The van der Waals surface area contributed by atoms with Gasteiger partial charge in [-0.3, -0.25) is 4.79 Å². The van der Waals surface area contributed by atoms with Gasteiger partial charge in [0.2, 0.25) is 15.9 Å². The fourth-order valence-corrected chi connectivity index (χ4v) is 3.48. The number of anilines is 1. The third-order valence-corrected chi connectivity index (χ3v) is 5.84. The fourth-order valence-electron chi connectivity index (χ4n) is 2.56. The molecule has 0 saturated heterocycles. The molecule has 2 N–H and O–H groups in total. The number of fused-ring (bicyclic) bond motifs is 1. The number of hydrogen-bond donors (Lipinski definition) is 1. The minimum atomic E-state index is -3.53. The first-order chi connectivity index (χ1) is 10.8. The molecule has 1 atom stereocenters. The molecule has 0 fully saturated rings. The zero-order valence-electron chi connectivity index (χ0n) is 13.7. The molecular formula is C15H23N3O4S. The Balaban J connectivity index is 2.30. The van der Waals surface area contributed by atoms with Gasteiger partial charge in [-0.15, -0.1) is 0 Å². The SMILES string of the molecule is COC(CN)CC(=O)N1CCc2ccc(S(=O)(=O)N(C)C)cc21. The molecule has 1 amide bonds. The lowest BCUT2D eigenvalue weighted by atomic mass is 10.1. The van der Waals surface area contributed by atoms with E-state index >= 15 is 0 Å². The number of amides is 1. The Morgan fingerprint density at radius 1 is 1.43 bits per heavy atom. The molecule has 128 valence electrons. The molecule has 0 radical (unpaired) electrons. The third kappa shape index (κ3) is 3.55. The van der Waals surface area contributed by atoms with Gasteiger partial charge in [-0.05, 0) is 24.1 Å². The predicted octanol–water partition coefficient (Wildman–Crippen LogP) is 0.190. The molecule has 7 nitrogen and oxygen atoms in total. The number of carbonyl (C=O) groups is 1. The van der Waals surface area contributed by atoms with Gasteiger partial charge in [0.1, 0.15) is 0 Å². The van der Waals surface area contributed by atoms with Crippen LogP contribution < -0.4 is 10.6 Å². The maximum absolute atomic E-state index is 12.5. The number of benzene rings is 1. The minimum absolute atomic E-state index is 0.111.